The van der Waals surface area contributed by atoms with Gasteiger partial charge in [0.15, 0.2) is 6.61 Å². The first-order valence-electron chi connectivity index (χ1n) is 7.02. The maximum absolute atomic E-state index is 11.7. The third-order valence-corrected chi connectivity index (χ3v) is 3.11. The van der Waals surface area contributed by atoms with Crippen LogP contribution in [0.4, 0.5) is 0 Å². The summed E-state index contributed by atoms with van der Waals surface area (Å²) in [7, 11) is 0. The Kier molecular flexibility index (Phi) is 4.98. The lowest BCUT2D eigenvalue weighted by Gasteiger charge is -2.09. The molecule has 0 aliphatic heterocycles. The quantitative estimate of drug-likeness (QED) is 0.884. The Balaban J connectivity index is 1.71. The van der Waals surface area contributed by atoms with Crippen LogP contribution in [0.2, 0.25) is 0 Å². The van der Waals surface area contributed by atoms with Gasteiger partial charge in [-0.15, -0.1) is 0 Å². The highest BCUT2D eigenvalue weighted by Gasteiger charge is 2.04. The van der Waals surface area contributed by atoms with Crippen LogP contribution in [0, 0.1) is 20.8 Å². The molecule has 0 spiro atoms. The molecule has 1 N–H and O–H groups in total. The molecule has 0 aliphatic rings. The molecule has 1 aromatic carbocycles. The van der Waals surface area contributed by atoms with Crippen molar-refractivity contribution in [3.63, 3.8) is 0 Å². The number of carbonyl (C=O) groups is 1. The number of aromatic nitrogens is 2. The maximum Gasteiger partial charge on any atom is 0.258 e. The van der Waals surface area contributed by atoms with E-state index in [1.54, 1.807) is 0 Å². The van der Waals surface area contributed by atoms with Gasteiger partial charge in [-0.25, -0.2) is 0 Å². The van der Waals surface area contributed by atoms with Gasteiger partial charge in [0.2, 0.25) is 0 Å². The van der Waals surface area contributed by atoms with Crippen molar-refractivity contribution in [2.75, 3.05) is 13.2 Å². The Hall–Kier alpha value is -2.30. The van der Waals surface area contributed by atoms with E-state index in [1.165, 1.54) is 0 Å². The fourth-order valence-corrected chi connectivity index (χ4v) is 2.11. The van der Waals surface area contributed by atoms with Crippen LogP contribution < -0.4 is 10.1 Å². The lowest BCUT2D eigenvalue weighted by molar-refractivity contribution is -0.123. The summed E-state index contributed by atoms with van der Waals surface area (Å²) in [6.45, 7) is 7.18. The van der Waals surface area contributed by atoms with Gasteiger partial charge in [0.1, 0.15) is 5.75 Å². The fraction of sp³-hybridized carbons (Fsp3) is 0.375. The number of carbonyl (C=O) groups excluding carboxylic acids is 1. The number of rotatable bonds is 6. The van der Waals surface area contributed by atoms with Crippen LogP contribution in [0.5, 0.6) is 5.75 Å². The minimum absolute atomic E-state index is 0.0283. The van der Waals surface area contributed by atoms with E-state index in [2.05, 4.69) is 10.4 Å². The first-order chi connectivity index (χ1) is 10.0. The monoisotopic (exact) mass is 287 g/mol. The van der Waals surface area contributed by atoms with E-state index in [4.69, 9.17) is 4.74 Å². The SMILES string of the molecule is Cc1cccc(OCC(=O)NCCn2nc(C)cc2C)c1. The molecular formula is C16H21N3O2. The van der Waals surface area contributed by atoms with Gasteiger partial charge >= 0.3 is 0 Å². The van der Waals surface area contributed by atoms with Crippen molar-refractivity contribution in [1.82, 2.24) is 15.1 Å². The highest BCUT2D eigenvalue weighted by molar-refractivity contribution is 5.77. The average molecular weight is 287 g/mol. The molecule has 5 nitrogen and oxygen atoms in total. The fourth-order valence-electron chi connectivity index (χ4n) is 2.11. The Morgan fingerprint density at radius 2 is 2.10 bits per heavy atom. The Morgan fingerprint density at radius 1 is 1.29 bits per heavy atom. The standard InChI is InChI=1S/C16H21N3O2/c1-12-5-4-6-15(9-12)21-11-16(20)17-7-8-19-14(3)10-13(2)18-19/h4-6,9-10H,7-8,11H2,1-3H3,(H,17,20). The van der Waals surface area contributed by atoms with Crippen molar-refractivity contribution in [2.24, 2.45) is 0 Å². The molecule has 5 heteroatoms. The highest BCUT2D eigenvalue weighted by Crippen LogP contribution is 2.11. The zero-order valence-electron chi connectivity index (χ0n) is 12.7. The zero-order chi connectivity index (χ0) is 15.2. The number of amides is 1. The topological polar surface area (TPSA) is 56.1 Å². The lowest BCUT2D eigenvalue weighted by Crippen LogP contribution is -2.32. The Bertz CT molecular complexity index is 620. The second-order valence-electron chi connectivity index (χ2n) is 5.11. The van der Waals surface area contributed by atoms with E-state index in [9.17, 15) is 4.79 Å². The summed E-state index contributed by atoms with van der Waals surface area (Å²) in [6.07, 6.45) is 0. The zero-order valence-corrected chi connectivity index (χ0v) is 12.7. The van der Waals surface area contributed by atoms with Gasteiger partial charge in [0, 0.05) is 12.2 Å². The molecule has 1 heterocycles. The molecule has 0 saturated carbocycles. The van der Waals surface area contributed by atoms with Gasteiger partial charge < -0.3 is 10.1 Å². The van der Waals surface area contributed by atoms with Crippen LogP contribution >= 0.6 is 0 Å². The number of hydrogen-bond acceptors (Lipinski definition) is 3. The summed E-state index contributed by atoms with van der Waals surface area (Å²) >= 11 is 0. The van der Waals surface area contributed by atoms with Crippen LogP contribution in [0.25, 0.3) is 0 Å². The van der Waals surface area contributed by atoms with Gasteiger partial charge in [0.05, 0.1) is 12.2 Å². The smallest absolute Gasteiger partial charge is 0.258 e. The van der Waals surface area contributed by atoms with Crippen LogP contribution in [-0.4, -0.2) is 28.8 Å². The predicted octanol–water partition coefficient (Wildman–Crippen LogP) is 2.00. The van der Waals surface area contributed by atoms with Crippen molar-refractivity contribution >= 4 is 5.91 Å². The van der Waals surface area contributed by atoms with Crippen LogP contribution in [0.15, 0.2) is 30.3 Å². The van der Waals surface area contributed by atoms with Gasteiger partial charge in [-0.2, -0.15) is 5.10 Å². The molecular weight excluding hydrogens is 266 g/mol. The molecule has 1 amide bonds. The summed E-state index contributed by atoms with van der Waals surface area (Å²) in [5.41, 5.74) is 3.19. The number of hydrogen-bond donors (Lipinski definition) is 1. The first-order valence-corrected chi connectivity index (χ1v) is 7.02. The number of nitrogens with zero attached hydrogens (tertiary/aromatic N) is 2. The van der Waals surface area contributed by atoms with E-state index in [1.807, 2.05) is 55.8 Å². The molecule has 1 aromatic heterocycles. The largest absolute Gasteiger partial charge is 0.484 e. The molecule has 0 atom stereocenters. The van der Waals surface area contributed by atoms with E-state index >= 15 is 0 Å². The second kappa shape index (κ2) is 6.92. The second-order valence-corrected chi connectivity index (χ2v) is 5.11. The number of benzene rings is 1. The minimum atomic E-state index is -0.127. The van der Waals surface area contributed by atoms with Crippen molar-refractivity contribution in [1.29, 1.82) is 0 Å². The van der Waals surface area contributed by atoms with Crippen LogP contribution in [-0.2, 0) is 11.3 Å². The molecule has 0 aliphatic carbocycles. The summed E-state index contributed by atoms with van der Waals surface area (Å²) < 4.78 is 7.33. The molecule has 0 bridgehead atoms. The average Bonchev–Trinajstić information content (AvgIpc) is 2.75. The lowest BCUT2D eigenvalue weighted by atomic mass is 10.2. The molecule has 0 fully saturated rings. The third-order valence-electron chi connectivity index (χ3n) is 3.11. The molecule has 2 rings (SSSR count). The molecule has 0 saturated heterocycles. The normalized spacial score (nSPS) is 10.4. The maximum atomic E-state index is 11.7. The van der Waals surface area contributed by atoms with Crippen molar-refractivity contribution < 1.29 is 9.53 Å². The van der Waals surface area contributed by atoms with E-state index in [0.717, 1.165) is 17.0 Å². The van der Waals surface area contributed by atoms with Gasteiger partial charge in [-0.05, 0) is 44.5 Å². The summed E-state index contributed by atoms with van der Waals surface area (Å²) in [4.78, 5) is 11.7. The van der Waals surface area contributed by atoms with Crippen molar-refractivity contribution in [2.45, 2.75) is 27.3 Å². The van der Waals surface area contributed by atoms with E-state index < -0.39 is 0 Å². The Labute approximate surface area is 124 Å². The number of ether oxygens (including phenoxy) is 1. The summed E-state index contributed by atoms with van der Waals surface area (Å²) in [6, 6.07) is 9.66. The van der Waals surface area contributed by atoms with Crippen LogP contribution in [0.3, 0.4) is 0 Å². The third kappa shape index (κ3) is 4.63. The molecule has 21 heavy (non-hydrogen) atoms. The first kappa shape index (κ1) is 15.1. The molecule has 0 radical (unpaired) electrons. The molecule has 2 aromatic rings. The van der Waals surface area contributed by atoms with Gasteiger partial charge in [0.25, 0.3) is 5.91 Å². The number of nitrogens with one attached hydrogen (secondary N) is 1. The van der Waals surface area contributed by atoms with E-state index in [0.29, 0.717) is 18.8 Å². The van der Waals surface area contributed by atoms with Gasteiger partial charge in [-0.3, -0.25) is 9.48 Å². The van der Waals surface area contributed by atoms with Gasteiger partial charge in [-0.1, -0.05) is 12.1 Å². The van der Waals surface area contributed by atoms with Crippen LogP contribution in [0.1, 0.15) is 17.0 Å². The Morgan fingerprint density at radius 3 is 2.76 bits per heavy atom. The number of aryl methyl sites for hydroxylation is 3. The van der Waals surface area contributed by atoms with E-state index in [-0.39, 0.29) is 12.5 Å². The summed E-state index contributed by atoms with van der Waals surface area (Å²) in [5, 5.41) is 7.17. The highest BCUT2D eigenvalue weighted by atomic mass is 16.5. The summed E-state index contributed by atoms with van der Waals surface area (Å²) in [5.74, 6) is 0.585. The van der Waals surface area contributed by atoms with Crippen molar-refractivity contribution in [3.8, 4) is 5.75 Å². The molecule has 0 unspecified atom stereocenters. The predicted molar refractivity (Wildman–Crippen MR) is 81.4 cm³/mol. The van der Waals surface area contributed by atoms with Crippen molar-refractivity contribution in [3.05, 3.63) is 47.3 Å². The minimum Gasteiger partial charge on any atom is -0.484 e. The molecule has 112 valence electrons.